The van der Waals surface area contributed by atoms with Gasteiger partial charge in [0.1, 0.15) is 16.9 Å². The highest BCUT2D eigenvalue weighted by Crippen LogP contribution is 2.37. The van der Waals surface area contributed by atoms with E-state index in [0.29, 0.717) is 142 Å². The van der Waals surface area contributed by atoms with Crippen LogP contribution in [0.2, 0.25) is 30.1 Å². The normalized spacial score (nSPS) is 15.1. The SMILES string of the molecule is C.Cn1c(=O)c(-c2c(Cl)cccc2Cl)cc2cnc(NC3CCC(N)CC3)nc21.Cn1c(=O)c(-c2c(Cl)cccc2Cl)cc2cnc(NC3CCN(Cc4ccccc4)CC3)nc21.Cn1c(=O)c(-c2c(Cl)cccc2Cl)cc2cnc(NCCCOCCCN)nc21. The lowest BCUT2D eigenvalue weighted by Crippen LogP contribution is -2.39. The summed E-state index contributed by atoms with van der Waals surface area (Å²) < 4.78 is 9.98. The van der Waals surface area contributed by atoms with Gasteiger partial charge >= 0.3 is 0 Å². The molecule has 6 aromatic heterocycles. The summed E-state index contributed by atoms with van der Waals surface area (Å²) in [6.07, 6.45) is 12.8. The summed E-state index contributed by atoms with van der Waals surface area (Å²) in [5, 5.41) is 14.7. The van der Waals surface area contributed by atoms with Crippen LogP contribution in [0.1, 0.15) is 64.4 Å². The first-order valence-electron chi connectivity index (χ1n) is 30.0. The van der Waals surface area contributed by atoms with E-state index in [4.69, 9.17) is 85.8 Å². The van der Waals surface area contributed by atoms with Crippen LogP contribution in [0.5, 0.6) is 0 Å². The Balaban J connectivity index is 0.000000163. The van der Waals surface area contributed by atoms with Crippen molar-refractivity contribution in [1.82, 2.24) is 48.5 Å². The van der Waals surface area contributed by atoms with Gasteiger partial charge in [0.25, 0.3) is 16.7 Å². The molecule has 92 heavy (non-hydrogen) atoms. The summed E-state index contributed by atoms with van der Waals surface area (Å²) in [6.45, 7) is 5.60. The lowest BCUT2D eigenvalue weighted by Gasteiger charge is -2.32. The van der Waals surface area contributed by atoms with Gasteiger partial charge in [-0.05, 0) is 118 Å². The van der Waals surface area contributed by atoms with E-state index in [1.165, 1.54) is 19.3 Å². The topological polar surface area (TPSA) is 244 Å². The number of nitrogens with zero attached hydrogens (tertiary/aromatic N) is 10. The zero-order valence-corrected chi connectivity index (χ0v) is 54.9. The number of halogens is 6. The van der Waals surface area contributed by atoms with Crippen molar-refractivity contribution in [2.45, 2.75) is 83.5 Å². The van der Waals surface area contributed by atoms with Crippen molar-refractivity contribution in [2.75, 3.05) is 55.3 Å². The molecule has 482 valence electrons. The molecule has 0 atom stereocenters. The maximum atomic E-state index is 13.1. The Kier molecular flexibility index (Phi) is 24.1. The molecule has 19 nitrogen and oxygen atoms in total. The van der Waals surface area contributed by atoms with E-state index in [0.717, 1.165) is 81.8 Å². The lowest BCUT2D eigenvalue weighted by atomic mass is 9.92. The van der Waals surface area contributed by atoms with Crippen molar-refractivity contribution in [2.24, 2.45) is 32.6 Å². The van der Waals surface area contributed by atoms with Crippen LogP contribution in [-0.2, 0) is 32.4 Å². The fourth-order valence-electron chi connectivity index (χ4n) is 11.1. The standard InChI is InChI=1S/C26H25Cl2N5O.C20H23Cl2N5O2.C20H21Cl2N5O.CH4/c1-32-24-18(14-20(25(32)34)23-21(27)8-5-9-22(23)28)15-29-26(31-24)30-19-10-12-33(13-11-19)16-17-6-3-2-4-7-17;1-27-18-13(11-14(19(27)28)17-15(21)5-2-6-16(17)22)12-25-20(26-18)24-8-4-10-29-9-3-7-23;1-27-18-11(9-14(19(27)28)17-15(21)3-2-4-16(17)22)10-24-20(26-18)25-13-7-5-12(23)6-8-13;/h2-9,14-15,19H,10-13,16H2,1H3,(H,29,30,31);2,5-6,11-12H,3-4,7-10,23H2,1H3,(H,24,25,26);2-4,9-10,12-13H,5-8,23H2,1H3,(H,24,25,26);1H4. The molecule has 1 aliphatic carbocycles. The minimum absolute atomic E-state index is 0. The number of rotatable bonds is 17. The first-order valence-corrected chi connectivity index (χ1v) is 32.2. The first-order chi connectivity index (χ1) is 44.0. The van der Waals surface area contributed by atoms with Crippen LogP contribution < -0.4 is 44.1 Å². The van der Waals surface area contributed by atoms with Gasteiger partial charge in [-0.25, -0.2) is 15.0 Å². The molecular formula is C67H73Cl6N15O4. The predicted molar refractivity (Wildman–Crippen MR) is 377 cm³/mol. The molecule has 0 radical (unpaired) electrons. The molecule has 2 aliphatic rings. The lowest BCUT2D eigenvalue weighted by molar-refractivity contribution is 0.133. The van der Waals surface area contributed by atoms with E-state index >= 15 is 0 Å². The molecule has 12 rings (SSSR count). The highest BCUT2D eigenvalue weighted by Gasteiger charge is 2.24. The van der Waals surface area contributed by atoms with Crippen LogP contribution in [0, 0.1) is 0 Å². The zero-order valence-electron chi connectivity index (χ0n) is 50.4. The fraction of sp³-hybridized carbons (Fsp3) is 0.328. The number of aromatic nitrogens is 9. The second-order valence-corrected chi connectivity index (χ2v) is 24.9. The van der Waals surface area contributed by atoms with Crippen molar-refractivity contribution in [3.63, 3.8) is 0 Å². The fourth-order valence-corrected chi connectivity index (χ4v) is 12.9. The van der Waals surface area contributed by atoms with Gasteiger partial charge < -0.3 is 32.2 Å². The highest BCUT2D eigenvalue weighted by atomic mass is 35.5. The maximum Gasteiger partial charge on any atom is 0.259 e. The maximum absolute atomic E-state index is 13.1. The summed E-state index contributed by atoms with van der Waals surface area (Å²) in [7, 11) is 5.06. The number of ether oxygens (including phenoxy) is 1. The second kappa shape index (κ2) is 32.0. The third-order valence-electron chi connectivity index (χ3n) is 16.1. The van der Waals surface area contributed by atoms with Crippen LogP contribution in [0.25, 0.3) is 66.5 Å². The molecule has 7 heterocycles. The zero-order chi connectivity index (χ0) is 64.3. The van der Waals surface area contributed by atoms with Crippen LogP contribution >= 0.6 is 69.6 Å². The van der Waals surface area contributed by atoms with Crippen molar-refractivity contribution < 1.29 is 4.74 Å². The van der Waals surface area contributed by atoms with Gasteiger partial charge in [-0.1, -0.05) is 126 Å². The minimum atomic E-state index is -0.231. The largest absolute Gasteiger partial charge is 0.381 e. The Hall–Kier alpha value is -7.27. The summed E-state index contributed by atoms with van der Waals surface area (Å²) in [4.78, 5) is 68.5. The summed E-state index contributed by atoms with van der Waals surface area (Å²) in [5.74, 6) is 1.51. The Morgan fingerprint density at radius 2 is 0.891 bits per heavy atom. The summed E-state index contributed by atoms with van der Waals surface area (Å²) in [6, 6.07) is 32.2. The molecule has 1 aliphatic heterocycles. The third kappa shape index (κ3) is 16.6. The molecule has 2 fully saturated rings. The van der Waals surface area contributed by atoms with Gasteiger partial charge in [0.05, 0.1) is 46.8 Å². The molecule has 0 amide bonds. The molecule has 0 unspecified atom stereocenters. The Bertz CT molecular complexity index is 4350. The van der Waals surface area contributed by atoms with E-state index in [-0.39, 0.29) is 30.1 Å². The molecule has 10 aromatic rings. The van der Waals surface area contributed by atoms with Crippen molar-refractivity contribution in [3.8, 4) is 33.4 Å². The number of nitrogens with two attached hydrogens (primary N) is 2. The van der Waals surface area contributed by atoms with E-state index in [9.17, 15) is 14.4 Å². The smallest absolute Gasteiger partial charge is 0.259 e. The quantitative estimate of drug-likeness (QED) is 0.0532. The van der Waals surface area contributed by atoms with Gasteiger partial charge in [0, 0.05) is 130 Å². The molecule has 1 saturated carbocycles. The molecule has 0 spiro atoms. The Morgan fingerprint density at radius 1 is 0.511 bits per heavy atom. The van der Waals surface area contributed by atoms with Gasteiger partial charge in [0.2, 0.25) is 17.8 Å². The number of pyridine rings is 3. The summed E-state index contributed by atoms with van der Waals surface area (Å²) >= 11 is 37.9. The summed E-state index contributed by atoms with van der Waals surface area (Å²) in [5.41, 5.74) is 16.6. The molecule has 4 aromatic carbocycles. The number of anilines is 3. The number of piperidine rings is 1. The van der Waals surface area contributed by atoms with Crippen LogP contribution in [-0.4, -0.2) is 106 Å². The molecular weight excluding hydrogens is 1290 g/mol. The van der Waals surface area contributed by atoms with Gasteiger partial charge in [-0.3, -0.25) is 33.0 Å². The number of fused-ring (bicyclic) bond motifs is 3. The molecule has 7 N–H and O–H groups in total. The van der Waals surface area contributed by atoms with Crippen LogP contribution in [0.4, 0.5) is 17.8 Å². The van der Waals surface area contributed by atoms with E-state index < -0.39 is 0 Å². The number of hydrogen-bond acceptors (Lipinski definition) is 16. The van der Waals surface area contributed by atoms with E-state index in [1.54, 1.807) is 113 Å². The predicted octanol–water partition coefficient (Wildman–Crippen LogP) is 13.5. The van der Waals surface area contributed by atoms with Crippen molar-refractivity contribution in [1.29, 1.82) is 0 Å². The molecule has 1 saturated heterocycles. The number of hydrogen-bond donors (Lipinski definition) is 5. The second-order valence-electron chi connectivity index (χ2n) is 22.4. The average Bonchev–Trinajstić information content (AvgIpc) is 0.793. The van der Waals surface area contributed by atoms with Crippen LogP contribution in [0.3, 0.4) is 0 Å². The first kappa shape index (κ1) is 69.1. The Labute approximate surface area is 563 Å². The number of benzene rings is 4. The van der Waals surface area contributed by atoms with E-state index in [2.05, 4.69) is 75.0 Å². The van der Waals surface area contributed by atoms with Gasteiger partial charge in [-0.15, -0.1) is 0 Å². The number of aryl methyl sites for hydroxylation is 3. The van der Waals surface area contributed by atoms with Crippen molar-refractivity contribution >= 4 is 121 Å². The van der Waals surface area contributed by atoms with Crippen LogP contribution in [0.15, 0.2) is 136 Å². The molecule has 0 bridgehead atoms. The Morgan fingerprint density at radius 3 is 1.30 bits per heavy atom. The average molecular weight is 1370 g/mol. The van der Waals surface area contributed by atoms with Crippen molar-refractivity contribution in [3.05, 3.63) is 188 Å². The van der Waals surface area contributed by atoms with Gasteiger partial charge in [0.15, 0.2) is 0 Å². The monoisotopic (exact) mass is 1360 g/mol. The van der Waals surface area contributed by atoms with E-state index in [1.807, 2.05) is 6.07 Å². The third-order valence-corrected chi connectivity index (χ3v) is 17.9. The number of likely N-dealkylation sites (tertiary alicyclic amines) is 1. The van der Waals surface area contributed by atoms with Gasteiger partial charge in [-0.2, -0.15) is 15.0 Å². The molecule has 25 heteroatoms. The minimum Gasteiger partial charge on any atom is -0.381 e. The highest BCUT2D eigenvalue weighted by molar-refractivity contribution is 6.40. The number of nitrogens with one attached hydrogen (secondary N) is 3.